The Morgan fingerprint density at radius 3 is 2.64 bits per heavy atom. The average molecular weight is 377 g/mol. The third-order valence-electron chi connectivity index (χ3n) is 6.01. The van der Waals surface area contributed by atoms with Gasteiger partial charge in [0.05, 0.1) is 13.1 Å². The molecule has 2 aromatic carbocycles. The van der Waals surface area contributed by atoms with E-state index in [2.05, 4.69) is 65.9 Å². The summed E-state index contributed by atoms with van der Waals surface area (Å²) in [7, 11) is 0. The second-order valence-electron chi connectivity index (χ2n) is 8.09. The standard InChI is InChI=1S/C24H29N3O/c1-18-6-8-19(9-7-18)17-27-14-11-20(12-15-27)24(28)25-13-10-21-16-26-23-5-3-2-4-22(21)23/h2-9,16,20,26H,10-15,17H2,1H3,(H,25,28)/p+1. The Morgan fingerprint density at radius 1 is 1.11 bits per heavy atom. The number of para-hydroxylation sites is 1. The summed E-state index contributed by atoms with van der Waals surface area (Å²) in [5.41, 5.74) is 5.13. The summed E-state index contributed by atoms with van der Waals surface area (Å²) in [5, 5.41) is 4.42. The van der Waals surface area contributed by atoms with Gasteiger partial charge in [0.2, 0.25) is 5.91 Å². The number of carbonyl (C=O) groups excluding carboxylic acids is 1. The fraction of sp³-hybridized carbons (Fsp3) is 0.375. The molecule has 4 rings (SSSR count). The van der Waals surface area contributed by atoms with Crippen LogP contribution in [0.5, 0.6) is 0 Å². The van der Waals surface area contributed by atoms with Crippen LogP contribution in [0.3, 0.4) is 0 Å². The Bertz CT molecular complexity index is 920. The number of rotatable bonds is 6. The second kappa shape index (κ2) is 8.61. The van der Waals surface area contributed by atoms with E-state index in [4.69, 9.17) is 0 Å². The predicted molar refractivity (Wildman–Crippen MR) is 113 cm³/mol. The van der Waals surface area contributed by atoms with E-state index in [0.29, 0.717) is 6.54 Å². The summed E-state index contributed by atoms with van der Waals surface area (Å²) in [5.74, 6) is 0.402. The Morgan fingerprint density at radius 2 is 1.86 bits per heavy atom. The Hall–Kier alpha value is -2.59. The summed E-state index contributed by atoms with van der Waals surface area (Å²) in [6, 6.07) is 17.1. The Kier molecular flexibility index (Phi) is 5.77. The van der Waals surface area contributed by atoms with Gasteiger partial charge in [-0.05, 0) is 25.0 Å². The van der Waals surface area contributed by atoms with Crippen LogP contribution in [0.25, 0.3) is 10.9 Å². The first-order chi connectivity index (χ1) is 13.7. The van der Waals surface area contributed by atoms with Crippen LogP contribution in [0.2, 0.25) is 0 Å². The highest BCUT2D eigenvalue weighted by Gasteiger charge is 2.27. The van der Waals surface area contributed by atoms with Gasteiger partial charge in [0, 0.05) is 48.0 Å². The van der Waals surface area contributed by atoms with Gasteiger partial charge in [0.1, 0.15) is 6.54 Å². The van der Waals surface area contributed by atoms with Crippen LogP contribution >= 0.6 is 0 Å². The van der Waals surface area contributed by atoms with Crippen molar-refractivity contribution in [2.24, 2.45) is 5.92 Å². The van der Waals surface area contributed by atoms with Gasteiger partial charge in [-0.1, -0.05) is 48.0 Å². The minimum absolute atomic E-state index is 0.171. The molecule has 4 heteroatoms. The molecule has 4 nitrogen and oxygen atoms in total. The number of piperidine rings is 1. The zero-order valence-electron chi connectivity index (χ0n) is 16.6. The number of aromatic amines is 1. The maximum absolute atomic E-state index is 12.6. The van der Waals surface area contributed by atoms with Crippen molar-refractivity contribution in [3.63, 3.8) is 0 Å². The molecule has 1 amide bonds. The van der Waals surface area contributed by atoms with E-state index in [1.807, 2.05) is 6.07 Å². The highest BCUT2D eigenvalue weighted by molar-refractivity contribution is 5.83. The van der Waals surface area contributed by atoms with Crippen molar-refractivity contribution in [2.45, 2.75) is 32.7 Å². The minimum atomic E-state index is 0.171. The lowest BCUT2D eigenvalue weighted by atomic mass is 9.95. The molecule has 1 fully saturated rings. The van der Waals surface area contributed by atoms with Gasteiger partial charge >= 0.3 is 0 Å². The molecule has 0 spiro atoms. The molecule has 1 aliphatic heterocycles. The molecular weight excluding hydrogens is 346 g/mol. The number of amides is 1. The van der Waals surface area contributed by atoms with Crippen molar-refractivity contribution < 1.29 is 9.69 Å². The van der Waals surface area contributed by atoms with Crippen molar-refractivity contribution in [1.82, 2.24) is 10.3 Å². The number of quaternary nitrogens is 1. The Labute approximate surface area is 166 Å². The third kappa shape index (κ3) is 4.45. The molecule has 3 N–H and O–H groups in total. The molecule has 28 heavy (non-hydrogen) atoms. The summed E-state index contributed by atoms with van der Waals surface area (Å²) in [6.07, 6.45) is 4.90. The van der Waals surface area contributed by atoms with Crippen LogP contribution in [0, 0.1) is 12.8 Å². The summed E-state index contributed by atoms with van der Waals surface area (Å²) >= 11 is 0. The highest BCUT2D eigenvalue weighted by Crippen LogP contribution is 2.18. The fourth-order valence-electron chi connectivity index (χ4n) is 4.26. The topological polar surface area (TPSA) is 49.3 Å². The van der Waals surface area contributed by atoms with E-state index in [0.717, 1.165) is 44.4 Å². The molecule has 1 aliphatic rings. The van der Waals surface area contributed by atoms with Gasteiger partial charge in [-0.3, -0.25) is 4.79 Å². The van der Waals surface area contributed by atoms with Gasteiger partial charge in [-0.25, -0.2) is 0 Å². The summed E-state index contributed by atoms with van der Waals surface area (Å²) < 4.78 is 0. The van der Waals surface area contributed by atoms with Gasteiger partial charge in [-0.15, -0.1) is 0 Å². The maximum Gasteiger partial charge on any atom is 0.223 e. The predicted octanol–water partition coefficient (Wildman–Crippen LogP) is 2.63. The SMILES string of the molecule is Cc1ccc(C[NH+]2CCC(C(=O)NCCc3c[nH]c4ccccc34)CC2)cc1. The molecule has 2 heterocycles. The zero-order valence-corrected chi connectivity index (χ0v) is 16.6. The quantitative estimate of drug-likeness (QED) is 0.609. The van der Waals surface area contributed by atoms with Crippen molar-refractivity contribution in [1.29, 1.82) is 0 Å². The number of carbonyl (C=O) groups is 1. The van der Waals surface area contributed by atoms with Crippen molar-refractivity contribution in [3.05, 3.63) is 71.4 Å². The van der Waals surface area contributed by atoms with Gasteiger partial charge in [0.15, 0.2) is 0 Å². The van der Waals surface area contributed by atoms with Crippen molar-refractivity contribution in [2.75, 3.05) is 19.6 Å². The molecule has 0 radical (unpaired) electrons. The molecule has 0 saturated carbocycles. The number of aromatic nitrogens is 1. The molecule has 0 bridgehead atoms. The number of benzene rings is 2. The van der Waals surface area contributed by atoms with E-state index >= 15 is 0 Å². The zero-order chi connectivity index (χ0) is 19.3. The first kappa shape index (κ1) is 18.8. The Balaban J connectivity index is 1.21. The average Bonchev–Trinajstić information content (AvgIpc) is 3.13. The first-order valence-corrected chi connectivity index (χ1v) is 10.4. The van der Waals surface area contributed by atoms with Crippen LogP contribution in [-0.2, 0) is 17.8 Å². The van der Waals surface area contributed by atoms with E-state index in [1.54, 1.807) is 4.90 Å². The lowest BCUT2D eigenvalue weighted by Gasteiger charge is -2.28. The van der Waals surface area contributed by atoms with Crippen LogP contribution in [0.15, 0.2) is 54.7 Å². The number of likely N-dealkylation sites (tertiary alicyclic amines) is 1. The number of nitrogens with one attached hydrogen (secondary N) is 3. The first-order valence-electron chi connectivity index (χ1n) is 10.4. The lowest BCUT2D eigenvalue weighted by Crippen LogP contribution is -3.11. The highest BCUT2D eigenvalue weighted by atomic mass is 16.1. The van der Waals surface area contributed by atoms with Crippen molar-refractivity contribution in [3.8, 4) is 0 Å². The van der Waals surface area contributed by atoms with Crippen LogP contribution < -0.4 is 10.2 Å². The lowest BCUT2D eigenvalue weighted by molar-refractivity contribution is -0.919. The van der Waals surface area contributed by atoms with E-state index < -0.39 is 0 Å². The van der Waals surface area contributed by atoms with E-state index in [9.17, 15) is 4.79 Å². The van der Waals surface area contributed by atoms with Gasteiger partial charge in [-0.2, -0.15) is 0 Å². The summed E-state index contributed by atoms with van der Waals surface area (Å²) in [4.78, 5) is 17.5. The molecule has 3 aromatic rings. The molecule has 146 valence electrons. The number of H-pyrrole nitrogens is 1. The molecule has 1 aromatic heterocycles. The largest absolute Gasteiger partial charge is 0.361 e. The van der Waals surface area contributed by atoms with Crippen LogP contribution in [0.1, 0.15) is 29.5 Å². The number of aryl methyl sites for hydroxylation is 1. The third-order valence-corrected chi connectivity index (χ3v) is 6.01. The van der Waals surface area contributed by atoms with E-state index in [-0.39, 0.29) is 11.8 Å². The molecular formula is C24H30N3O+. The number of hydrogen-bond acceptors (Lipinski definition) is 1. The monoisotopic (exact) mass is 376 g/mol. The smallest absolute Gasteiger partial charge is 0.223 e. The molecule has 0 aliphatic carbocycles. The number of hydrogen-bond donors (Lipinski definition) is 3. The van der Waals surface area contributed by atoms with Gasteiger partial charge in [0.25, 0.3) is 0 Å². The minimum Gasteiger partial charge on any atom is -0.361 e. The van der Waals surface area contributed by atoms with E-state index in [1.165, 1.54) is 22.1 Å². The fourth-order valence-corrected chi connectivity index (χ4v) is 4.26. The van der Waals surface area contributed by atoms with Crippen LogP contribution in [-0.4, -0.2) is 30.5 Å². The number of fused-ring (bicyclic) bond motifs is 1. The second-order valence-corrected chi connectivity index (χ2v) is 8.09. The van der Waals surface area contributed by atoms with Gasteiger partial charge < -0.3 is 15.2 Å². The summed E-state index contributed by atoms with van der Waals surface area (Å²) in [6.45, 7) is 6.05. The molecule has 1 saturated heterocycles. The normalized spacial score (nSPS) is 19.6. The molecule has 0 unspecified atom stereocenters. The molecule has 0 atom stereocenters. The maximum atomic E-state index is 12.6. The van der Waals surface area contributed by atoms with Crippen LogP contribution in [0.4, 0.5) is 0 Å². The van der Waals surface area contributed by atoms with Crippen molar-refractivity contribution >= 4 is 16.8 Å².